The molecular formula is C22H28O5. The van der Waals surface area contributed by atoms with Crippen molar-refractivity contribution in [3.05, 3.63) is 39.2 Å². The Balaban J connectivity index is 2.04. The van der Waals surface area contributed by atoms with Crippen molar-refractivity contribution in [3.8, 4) is 5.75 Å². The lowest BCUT2D eigenvalue weighted by Crippen LogP contribution is -2.23. The molecule has 1 heterocycles. The third-order valence-corrected chi connectivity index (χ3v) is 5.36. The zero-order valence-electron chi connectivity index (χ0n) is 16.2. The summed E-state index contributed by atoms with van der Waals surface area (Å²) in [5.41, 5.74) is 3.11. The first kappa shape index (κ1) is 19.5. The number of unbranched alkanes of at least 4 members (excludes halogenated alkanes) is 3. The predicted octanol–water partition coefficient (Wildman–Crippen LogP) is 4.65. The summed E-state index contributed by atoms with van der Waals surface area (Å²) in [4.78, 5) is 23.6. The minimum absolute atomic E-state index is 0.273. The molecule has 0 bridgehead atoms. The highest BCUT2D eigenvalue weighted by Crippen LogP contribution is 2.33. The molecule has 2 aromatic rings. The molecule has 0 amide bonds. The quantitative estimate of drug-likeness (QED) is 0.539. The minimum Gasteiger partial charge on any atom is -0.479 e. The topological polar surface area (TPSA) is 76.7 Å². The Bertz CT molecular complexity index is 880. The minimum atomic E-state index is -1.01. The fourth-order valence-corrected chi connectivity index (χ4v) is 3.80. The molecule has 1 aliphatic rings. The molecule has 1 aromatic heterocycles. The van der Waals surface area contributed by atoms with E-state index in [0.29, 0.717) is 11.3 Å². The Labute approximate surface area is 159 Å². The average molecular weight is 372 g/mol. The number of hydrogen-bond donors (Lipinski definition) is 1. The summed E-state index contributed by atoms with van der Waals surface area (Å²) in [6.45, 7) is 3.68. The van der Waals surface area contributed by atoms with Crippen molar-refractivity contribution < 1.29 is 19.1 Å². The van der Waals surface area contributed by atoms with Gasteiger partial charge in [0.15, 0.2) is 6.10 Å². The molecule has 1 aliphatic carbocycles. The van der Waals surface area contributed by atoms with Crippen molar-refractivity contribution in [1.82, 2.24) is 0 Å². The standard InChI is InChI=1S/C22H28O5/c1-3-4-5-6-9-15-12-18-16-10-7-8-11-17(16)22(25)27-20(18)13-19(15)26-14(2)21(23)24/h12-14H,3-11H2,1-2H3,(H,23,24)/t14-/m1/s1. The van der Waals surface area contributed by atoms with Gasteiger partial charge in [-0.05, 0) is 62.6 Å². The highest BCUT2D eigenvalue weighted by Gasteiger charge is 2.21. The molecule has 0 saturated carbocycles. The predicted molar refractivity (Wildman–Crippen MR) is 105 cm³/mol. The summed E-state index contributed by atoms with van der Waals surface area (Å²) in [7, 11) is 0. The van der Waals surface area contributed by atoms with Crippen LogP contribution in [0.1, 0.15) is 69.1 Å². The summed E-state index contributed by atoms with van der Waals surface area (Å²) in [6, 6.07) is 3.76. The molecule has 146 valence electrons. The van der Waals surface area contributed by atoms with Gasteiger partial charge >= 0.3 is 11.6 Å². The maximum absolute atomic E-state index is 12.3. The second-order valence-electron chi connectivity index (χ2n) is 7.42. The van der Waals surface area contributed by atoms with Crippen molar-refractivity contribution in [1.29, 1.82) is 0 Å². The van der Waals surface area contributed by atoms with E-state index in [9.17, 15) is 14.7 Å². The van der Waals surface area contributed by atoms with Crippen LogP contribution in [-0.4, -0.2) is 17.2 Å². The molecule has 1 aromatic carbocycles. The molecule has 0 unspecified atom stereocenters. The fourth-order valence-electron chi connectivity index (χ4n) is 3.80. The smallest absolute Gasteiger partial charge is 0.344 e. The number of aryl methyl sites for hydroxylation is 2. The summed E-state index contributed by atoms with van der Waals surface area (Å²) in [6.07, 6.45) is 8.12. The lowest BCUT2D eigenvalue weighted by atomic mass is 9.89. The number of hydrogen-bond acceptors (Lipinski definition) is 4. The van der Waals surface area contributed by atoms with Gasteiger partial charge in [-0.3, -0.25) is 0 Å². The first-order valence-corrected chi connectivity index (χ1v) is 10.0. The van der Waals surface area contributed by atoms with Crippen molar-refractivity contribution in [3.63, 3.8) is 0 Å². The molecule has 0 spiro atoms. The van der Waals surface area contributed by atoms with Gasteiger partial charge in [0.1, 0.15) is 11.3 Å². The van der Waals surface area contributed by atoms with Crippen LogP contribution in [0.4, 0.5) is 0 Å². The number of ether oxygens (including phenoxy) is 1. The number of rotatable bonds is 8. The molecule has 1 atom stereocenters. The first-order chi connectivity index (χ1) is 13.0. The fraction of sp³-hybridized carbons (Fsp3) is 0.545. The van der Waals surface area contributed by atoms with Gasteiger partial charge in [0.25, 0.3) is 0 Å². The van der Waals surface area contributed by atoms with E-state index in [-0.39, 0.29) is 5.63 Å². The molecule has 5 heteroatoms. The van der Waals surface area contributed by atoms with Crippen molar-refractivity contribution in [2.75, 3.05) is 0 Å². The lowest BCUT2D eigenvalue weighted by molar-refractivity contribution is -0.144. The van der Waals surface area contributed by atoms with Crippen molar-refractivity contribution in [2.24, 2.45) is 0 Å². The highest BCUT2D eigenvalue weighted by molar-refractivity contribution is 5.84. The third-order valence-electron chi connectivity index (χ3n) is 5.36. The van der Waals surface area contributed by atoms with Crippen molar-refractivity contribution in [2.45, 2.75) is 77.7 Å². The lowest BCUT2D eigenvalue weighted by Gasteiger charge is -2.19. The molecule has 1 N–H and O–H groups in total. The SMILES string of the molecule is CCCCCCc1cc2c3c(c(=O)oc2cc1O[C@H](C)C(=O)O)CCCC3. The van der Waals surface area contributed by atoms with Gasteiger partial charge in [-0.2, -0.15) is 0 Å². The highest BCUT2D eigenvalue weighted by atomic mass is 16.5. The molecule has 3 rings (SSSR count). The zero-order chi connectivity index (χ0) is 19.4. The first-order valence-electron chi connectivity index (χ1n) is 10.0. The van der Waals surface area contributed by atoms with Crippen LogP contribution in [0.5, 0.6) is 5.75 Å². The van der Waals surface area contributed by atoms with E-state index in [0.717, 1.165) is 73.4 Å². The van der Waals surface area contributed by atoms with E-state index in [4.69, 9.17) is 9.15 Å². The average Bonchev–Trinajstić information content (AvgIpc) is 2.66. The summed E-state index contributed by atoms with van der Waals surface area (Å²) in [5, 5.41) is 10.2. The van der Waals surface area contributed by atoms with Gasteiger partial charge in [-0.25, -0.2) is 9.59 Å². The number of carbonyl (C=O) groups is 1. The van der Waals surface area contributed by atoms with E-state index in [2.05, 4.69) is 13.0 Å². The Hall–Kier alpha value is -2.30. The summed E-state index contributed by atoms with van der Waals surface area (Å²) < 4.78 is 11.3. The summed E-state index contributed by atoms with van der Waals surface area (Å²) >= 11 is 0. The molecule has 0 saturated heterocycles. The van der Waals surface area contributed by atoms with Gasteiger partial charge in [0.2, 0.25) is 0 Å². The Morgan fingerprint density at radius 2 is 1.93 bits per heavy atom. The monoisotopic (exact) mass is 372 g/mol. The van der Waals surface area contributed by atoms with Gasteiger partial charge in [-0.1, -0.05) is 26.2 Å². The number of benzene rings is 1. The van der Waals surface area contributed by atoms with E-state index in [1.165, 1.54) is 13.3 Å². The van der Waals surface area contributed by atoms with Crippen LogP contribution >= 0.6 is 0 Å². The number of carboxylic acids is 1. The normalized spacial score (nSPS) is 14.7. The van der Waals surface area contributed by atoms with Crippen molar-refractivity contribution >= 4 is 16.9 Å². The Morgan fingerprint density at radius 3 is 2.63 bits per heavy atom. The van der Waals surface area contributed by atoms with Crippen LogP contribution < -0.4 is 10.4 Å². The second kappa shape index (κ2) is 8.59. The largest absolute Gasteiger partial charge is 0.479 e. The molecule has 0 radical (unpaired) electrons. The Kier molecular flexibility index (Phi) is 6.19. The van der Waals surface area contributed by atoms with Crippen LogP contribution in [0.15, 0.2) is 21.3 Å². The zero-order valence-corrected chi connectivity index (χ0v) is 16.2. The van der Waals surface area contributed by atoms with Crippen LogP contribution in [-0.2, 0) is 24.1 Å². The van der Waals surface area contributed by atoms with Crippen LogP contribution in [0.3, 0.4) is 0 Å². The van der Waals surface area contributed by atoms with Gasteiger partial charge in [-0.15, -0.1) is 0 Å². The molecule has 0 fully saturated rings. The van der Waals surface area contributed by atoms with Gasteiger partial charge in [0, 0.05) is 17.0 Å². The van der Waals surface area contributed by atoms with Crippen LogP contribution in [0, 0.1) is 0 Å². The van der Waals surface area contributed by atoms with Gasteiger partial charge < -0.3 is 14.3 Å². The van der Waals surface area contributed by atoms with E-state index >= 15 is 0 Å². The second-order valence-corrected chi connectivity index (χ2v) is 7.42. The van der Waals surface area contributed by atoms with E-state index < -0.39 is 12.1 Å². The maximum atomic E-state index is 12.3. The van der Waals surface area contributed by atoms with Gasteiger partial charge in [0.05, 0.1) is 0 Å². The number of carboxylic acid groups (broad SMARTS) is 1. The Morgan fingerprint density at radius 1 is 1.19 bits per heavy atom. The molecule has 0 aliphatic heterocycles. The summed E-state index contributed by atoms with van der Waals surface area (Å²) in [5.74, 6) is -0.508. The molecule has 5 nitrogen and oxygen atoms in total. The third kappa shape index (κ3) is 4.34. The van der Waals surface area contributed by atoms with E-state index in [1.54, 1.807) is 6.07 Å². The number of fused-ring (bicyclic) bond motifs is 3. The van der Waals surface area contributed by atoms with E-state index in [1.807, 2.05) is 0 Å². The molecule has 27 heavy (non-hydrogen) atoms. The van der Waals surface area contributed by atoms with Crippen LogP contribution in [0.25, 0.3) is 11.0 Å². The molecular weight excluding hydrogens is 344 g/mol. The number of aliphatic carboxylic acids is 1. The maximum Gasteiger partial charge on any atom is 0.344 e. The van der Waals surface area contributed by atoms with Crippen LogP contribution in [0.2, 0.25) is 0 Å².